The van der Waals surface area contributed by atoms with Crippen molar-refractivity contribution in [1.29, 1.82) is 0 Å². The molecule has 1 aromatic heterocycles. The molecule has 0 bridgehead atoms. The largest absolute Gasteiger partial charge is 0.486 e. The third kappa shape index (κ3) is 3.46. The first-order chi connectivity index (χ1) is 6.74. The average Bonchev–Trinajstić information content (AvgIpc) is 2.61. The van der Waals surface area contributed by atoms with Gasteiger partial charge in [0, 0.05) is 11.8 Å². The number of rotatable bonds is 5. The van der Waals surface area contributed by atoms with Gasteiger partial charge in [-0.2, -0.15) is 17.7 Å². The van der Waals surface area contributed by atoms with E-state index in [-0.39, 0.29) is 0 Å². The Morgan fingerprint density at radius 3 is 2.93 bits per heavy atom. The lowest BCUT2D eigenvalue weighted by Gasteiger charge is -2.02. The van der Waals surface area contributed by atoms with E-state index < -0.39 is 0 Å². The lowest BCUT2D eigenvalue weighted by molar-refractivity contribution is 0.361. The summed E-state index contributed by atoms with van der Waals surface area (Å²) in [7, 11) is 0. The average molecular weight is 212 g/mol. The van der Waals surface area contributed by atoms with Gasteiger partial charge >= 0.3 is 0 Å². The van der Waals surface area contributed by atoms with E-state index in [9.17, 15) is 0 Å². The molecule has 1 aromatic rings. The molecule has 0 radical (unpaired) electrons. The molecule has 0 aliphatic heterocycles. The smallest absolute Gasteiger partial charge is 0.157 e. The zero-order chi connectivity index (χ0) is 10.4. The fraction of sp³-hybridized carbons (Fsp3) is 0.500. The van der Waals surface area contributed by atoms with Crippen LogP contribution in [-0.2, 0) is 0 Å². The van der Waals surface area contributed by atoms with Crippen molar-refractivity contribution >= 4 is 12.6 Å². The van der Waals surface area contributed by atoms with Crippen molar-refractivity contribution in [1.82, 2.24) is 9.78 Å². The molecular weight excluding hydrogens is 196 g/mol. The fourth-order valence-corrected chi connectivity index (χ4v) is 1.11. The predicted molar refractivity (Wildman–Crippen MR) is 61.1 cm³/mol. The van der Waals surface area contributed by atoms with Crippen LogP contribution >= 0.6 is 12.6 Å². The Hall–Kier alpha value is -0.900. The van der Waals surface area contributed by atoms with Gasteiger partial charge in [0.25, 0.3) is 0 Å². The van der Waals surface area contributed by atoms with Gasteiger partial charge in [-0.15, -0.1) is 0 Å². The maximum atomic E-state index is 5.43. The van der Waals surface area contributed by atoms with Crippen LogP contribution in [0.4, 0.5) is 0 Å². The number of hydrogen-bond donors (Lipinski definition) is 1. The number of ether oxygens (including phenoxy) is 1. The molecule has 3 nitrogen and oxygen atoms in total. The van der Waals surface area contributed by atoms with E-state index in [0.29, 0.717) is 12.6 Å². The highest BCUT2D eigenvalue weighted by molar-refractivity contribution is 7.80. The maximum absolute atomic E-state index is 5.43. The molecule has 0 aliphatic rings. The van der Waals surface area contributed by atoms with E-state index in [1.54, 1.807) is 6.20 Å². The van der Waals surface area contributed by atoms with Crippen molar-refractivity contribution in [2.24, 2.45) is 0 Å². The van der Waals surface area contributed by atoms with Crippen LogP contribution in [0.2, 0.25) is 0 Å². The highest BCUT2D eigenvalue weighted by atomic mass is 32.1. The lowest BCUT2D eigenvalue weighted by Crippen LogP contribution is -2.00. The third-order valence-electron chi connectivity index (χ3n) is 1.73. The van der Waals surface area contributed by atoms with Gasteiger partial charge < -0.3 is 4.74 Å². The molecule has 14 heavy (non-hydrogen) atoms. The summed E-state index contributed by atoms with van der Waals surface area (Å²) >= 11 is 4.05. The highest BCUT2D eigenvalue weighted by Crippen LogP contribution is 2.11. The van der Waals surface area contributed by atoms with Crippen LogP contribution in [0, 0.1) is 0 Å². The molecular formula is C10H16N2OS. The first-order valence-electron chi connectivity index (χ1n) is 4.67. The van der Waals surface area contributed by atoms with Gasteiger partial charge in [-0.05, 0) is 13.8 Å². The minimum atomic E-state index is 0.375. The molecule has 0 saturated heterocycles. The summed E-state index contributed by atoms with van der Waals surface area (Å²) in [6, 6.07) is 0.375. The molecule has 0 atom stereocenters. The first-order valence-corrected chi connectivity index (χ1v) is 5.30. The summed E-state index contributed by atoms with van der Waals surface area (Å²) < 4.78 is 7.31. The maximum Gasteiger partial charge on any atom is 0.157 e. The highest BCUT2D eigenvalue weighted by Gasteiger charge is 2.00. The lowest BCUT2D eigenvalue weighted by atomic mass is 10.4. The molecule has 0 aliphatic carbocycles. The van der Waals surface area contributed by atoms with E-state index in [0.717, 1.165) is 11.5 Å². The van der Waals surface area contributed by atoms with Crippen LogP contribution in [0.25, 0.3) is 0 Å². The van der Waals surface area contributed by atoms with Crippen LogP contribution in [0.3, 0.4) is 0 Å². The van der Waals surface area contributed by atoms with Gasteiger partial charge in [0.1, 0.15) is 6.61 Å². The number of thiol groups is 1. The predicted octanol–water partition coefficient (Wildman–Crippen LogP) is 2.33. The summed E-state index contributed by atoms with van der Waals surface area (Å²) in [6.45, 7) is 4.74. The Bertz CT molecular complexity index is 294. The van der Waals surface area contributed by atoms with E-state index in [1.807, 2.05) is 23.0 Å². The van der Waals surface area contributed by atoms with Crippen LogP contribution in [-0.4, -0.2) is 22.1 Å². The minimum Gasteiger partial charge on any atom is -0.486 e. The molecule has 0 amide bonds. The number of aromatic nitrogens is 2. The van der Waals surface area contributed by atoms with Crippen LogP contribution < -0.4 is 4.74 Å². The standard InChI is InChI=1S/C10H16N2OS/c1-9(2)12-8-10(7-11-12)13-5-3-4-6-14/h3-4,7-9,14H,5-6H2,1-2H3/b4-3+. The van der Waals surface area contributed by atoms with Crippen molar-refractivity contribution < 1.29 is 4.74 Å². The molecule has 0 fully saturated rings. The van der Waals surface area contributed by atoms with Gasteiger partial charge in [-0.1, -0.05) is 12.2 Å². The Labute approximate surface area is 90.2 Å². The van der Waals surface area contributed by atoms with E-state index in [1.165, 1.54) is 0 Å². The SMILES string of the molecule is CC(C)n1cc(OC/C=C/CS)cn1. The molecule has 1 heterocycles. The second-order valence-corrected chi connectivity index (χ2v) is 3.58. The van der Waals surface area contributed by atoms with Crippen molar-refractivity contribution in [3.8, 4) is 5.75 Å². The third-order valence-corrected chi connectivity index (χ3v) is 1.94. The van der Waals surface area contributed by atoms with Crippen molar-refractivity contribution in [2.45, 2.75) is 19.9 Å². The summed E-state index contributed by atoms with van der Waals surface area (Å²) in [6.07, 6.45) is 7.53. The topological polar surface area (TPSA) is 27.1 Å². The molecule has 0 spiro atoms. The normalized spacial score (nSPS) is 11.4. The van der Waals surface area contributed by atoms with E-state index in [4.69, 9.17) is 4.74 Å². The Morgan fingerprint density at radius 2 is 2.36 bits per heavy atom. The van der Waals surface area contributed by atoms with Crippen LogP contribution in [0.1, 0.15) is 19.9 Å². The van der Waals surface area contributed by atoms with Gasteiger partial charge in [-0.3, -0.25) is 4.68 Å². The number of nitrogens with zero attached hydrogens (tertiary/aromatic N) is 2. The Balaban J connectivity index is 2.40. The summed E-state index contributed by atoms with van der Waals surface area (Å²) in [5, 5.41) is 4.17. The Morgan fingerprint density at radius 1 is 1.57 bits per heavy atom. The molecule has 4 heteroatoms. The van der Waals surface area contributed by atoms with Gasteiger partial charge in [0.05, 0.1) is 12.4 Å². The van der Waals surface area contributed by atoms with Crippen LogP contribution in [0.15, 0.2) is 24.5 Å². The second kappa shape index (κ2) is 5.75. The van der Waals surface area contributed by atoms with Gasteiger partial charge in [0.15, 0.2) is 5.75 Å². The molecule has 0 saturated carbocycles. The minimum absolute atomic E-state index is 0.375. The van der Waals surface area contributed by atoms with Crippen molar-refractivity contribution in [3.05, 3.63) is 24.5 Å². The molecule has 78 valence electrons. The summed E-state index contributed by atoms with van der Waals surface area (Å²) in [5.74, 6) is 1.55. The van der Waals surface area contributed by atoms with Gasteiger partial charge in [-0.25, -0.2) is 0 Å². The zero-order valence-electron chi connectivity index (χ0n) is 8.55. The first kappa shape index (κ1) is 11.2. The monoisotopic (exact) mass is 212 g/mol. The summed E-state index contributed by atoms with van der Waals surface area (Å²) in [5.41, 5.74) is 0. The summed E-state index contributed by atoms with van der Waals surface area (Å²) in [4.78, 5) is 0. The molecule has 0 unspecified atom stereocenters. The quantitative estimate of drug-likeness (QED) is 0.599. The Kier molecular flexibility index (Phi) is 4.59. The molecule has 0 N–H and O–H groups in total. The number of hydrogen-bond acceptors (Lipinski definition) is 3. The zero-order valence-corrected chi connectivity index (χ0v) is 9.45. The molecule has 1 rings (SSSR count). The molecule has 0 aromatic carbocycles. The van der Waals surface area contributed by atoms with Gasteiger partial charge in [0.2, 0.25) is 0 Å². The van der Waals surface area contributed by atoms with Crippen LogP contribution in [0.5, 0.6) is 5.75 Å². The van der Waals surface area contributed by atoms with E-state index >= 15 is 0 Å². The fourth-order valence-electron chi connectivity index (χ4n) is 0.964. The van der Waals surface area contributed by atoms with Crippen molar-refractivity contribution in [3.63, 3.8) is 0 Å². The second-order valence-electron chi connectivity index (χ2n) is 3.21. The van der Waals surface area contributed by atoms with Crippen molar-refractivity contribution in [2.75, 3.05) is 12.4 Å². The van der Waals surface area contributed by atoms with E-state index in [2.05, 4.69) is 31.6 Å².